The molecule has 0 aliphatic rings. The van der Waals surface area contributed by atoms with Gasteiger partial charge in [0.25, 0.3) is 10.0 Å². The SMILES string of the molecule is COc1ccc(S(=O)(=O)N(CC(=O)N(Cc2ccc(Br)cc2)[C@@H](C)C(=O)NC(C)(C)C)c2ccc(F)cc2)cc1. The minimum atomic E-state index is -4.27. The zero-order valence-corrected chi connectivity index (χ0v) is 25.4. The van der Waals surface area contributed by atoms with Gasteiger partial charge in [0.05, 0.1) is 17.7 Å². The molecule has 3 aromatic rings. The highest BCUT2D eigenvalue weighted by molar-refractivity contribution is 9.10. The van der Waals surface area contributed by atoms with Gasteiger partial charge in [-0.15, -0.1) is 0 Å². The largest absolute Gasteiger partial charge is 0.497 e. The molecule has 3 rings (SSSR count). The van der Waals surface area contributed by atoms with Crippen molar-refractivity contribution in [1.82, 2.24) is 10.2 Å². The van der Waals surface area contributed by atoms with Gasteiger partial charge in [0, 0.05) is 16.6 Å². The third kappa shape index (κ3) is 8.04. The summed E-state index contributed by atoms with van der Waals surface area (Å²) in [7, 11) is -2.81. The van der Waals surface area contributed by atoms with Crippen molar-refractivity contribution in [2.75, 3.05) is 18.0 Å². The van der Waals surface area contributed by atoms with E-state index in [9.17, 15) is 22.4 Å². The van der Waals surface area contributed by atoms with Gasteiger partial charge in [-0.3, -0.25) is 13.9 Å². The summed E-state index contributed by atoms with van der Waals surface area (Å²) in [5.74, 6) is -1.09. The van der Waals surface area contributed by atoms with E-state index in [2.05, 4.69) is 21.2 Å². The summed E-state index contributed by atoms with van der Waals surface area (Å²) in [6.07, 6.45) is 0. The van der Waals surface area contributed by atoms with Crippen molar-refractivity contribution >= 4 is 43.5 Å². The maximum Gasteiger partial charge on any atom is 0.264 e. The van der Waals surface area contributed by atoms with E-state index in [0.29, 0.717) is 5.75 Å². The predicted octanol–water partition coefficient (Wildman–Crippen LogP) is 5.12. The molecular formula is C29H33BrFN3O5S. The molecule has 0 aromatic heterocycles. The standard InChI is InChI=1S/C29H33BrFN3O5S/c1-20(28(36)32-29(2,3)4)33(18-21-6-8-22(30)9-7-21)27(35)19-34(24-12-10-23(31)11-13-24)40(37,38)26-16-14-25(39-5)15-17-26/h6-17,20H,18-19H2,1-5H3,(H,32,36)/t20-/m0/s1. The molecule has 0 aliphatic carbocycles. The second-order valence-corrected chi connectivity index (χ2v) is 13.0. The Bertz CT molecular complexity index is 1420. The van der Waals surface area contributed by atoms with E-state index in [1.165, 1.54) is 48.4 Å². The molecule has 0 unspecified atom stereocenters. The minimum Gasteiger partial charge on any atom is -0.497 e. The lowest BCUT2D eigenvalue weighted by Gasteiger charge is -2.33. The molecule has 0 heterocycles. The number of anilines is 1. The van der Waals surface area contributed by atoms with Crippen LogP contribution >= 0.6 is 15.9 Å². The Morgan fingerprint density at radius 3 is 2.08 bits per heavy atom. The number of nitrogens with zero attached hydrogens (tertiary/aromatic N) is 2. The number of nitrogens with one attached hydrogen (secondary N) is 1. The fourth-order valence-electron chi connectivity index (χ4n) is 3.85. The fraction of sp³-hybridized carbons (Fsp3) is 0.310. The zero-order chi connectivity index (χ0) is 29.7. The molecule has 3 aromatic carbocycles. The highest BCUT2D eigenvalue weighted by Gasteiger charge is 2.33. The van der Waals surface area contributed by atoms with Crippen molar-refractivity contribution < 1.29 is 27.1 Å². The molecule has 1 atom stereocenters. The molecule has 0 bridgehead atoms. The first-order valence-electron chi connectivity index (χ1n) is 12.5. The Morgan fingerprint density at radius 2 is 1.55 bits per heavy atom. The fourth-order valence-corrected chi connectivity index (χ4v) is 5.53. The molecule has 8 nitrogen and oxygen atoms in total. The highest BCUT2D eigenvalue weighted by atomic mass is 79.9. The molecule has 214 valence electrons. The Hall–Kier alpha value is -3.44. The molecule has 0 saturated carbocycles. The van der Waals surface area contributed by atoms with Crippen LogP contribution in [0.15, 0.2) is 82.2 Å². The lowest BCUT2D eigenvalue weighted by Crippen LogP contribution is -2.54. The zero-order valence-electron chi connectivity index (χ0n) is 23.0. The Labute approximate surface area is 243 Å². The van der Waals surface area contributed by atoms with Crippen LogP contribution in [0.5, 0.6) is 5.75 Å². The normalized spacial score (nSPS) is 12.4. The molecule has 0 aliphatic heterocycles. The summed E-state index contributed by atoms with van der Waals surface area (Å²) in [5.41, 5.74) is 0.300. The van der Waals surface area contributed by atoms with Gasteiger partial charge in [-0.2, -0.15) is 0 Å². The van der Waals surface area contributed by atoms with Crippen LogP contribution in [-0.2, 0) is 26.2 Å². The third-order valence-corrected chi connectivity index (χ3v) is 8.29. The molecule has 2 amide bonds. The van der Waals surface area contributed by atoms with E-state index >= 15 is 0 Å². The Kier molecular flexibility index (Phi) is 9.96. The number of carbonyl (C=O) groups is 2. The predicted molar refractivity (Wildman–Crippen MR) is 156 cm³/mol. The lowest BCUT2D eigenvalue weighted by atomic mass is 10.1. The van der Waals surface area contributed by atoms with Gasteiger partial charge >= 0.3 is 0 Å². The van der Waals surface area contributed by atoms with E-state index < -0.39 is 39.9 Å². The summed E-state index contributed by atoms with van der Waals surface area (Å²) in [5, 5.41) is 2.88. The van der Waals surface area contributed by atoms with E-state index in [-0.39, 0.29) is 23.0 Å². The second-order valence-electron chi connectivity index (χ2n) is 10.2. The van der Waals surface area contributed by atoms with Crippen LogP contribution < -0.4 is 14.4 Å². The first-order valence-corrected chi connectivity index (χ1v) is 14.7. The van der Waals surface area contributed by atoms with E-state index in [4.69, 9.17) is 4.74 Å². The smallest absolute Gasteiger partial charge is 0.264 e. The van der Waals surface area contributed by atoms with Crippen LogP contribution in [0, 0.1) is 5.82 Å². The van der Waals surface area contributed by atoms with Gasteiger partial charge in [0.2, 0.25) is 11.8 Å². The average Bonchev–Trinajstić information content (AvgIpc) is 2.90. The Balaban J connectivity index is 2.03. The van der Waals surface area contributed by atoms with Gasteiger partial charge < -0.3 is 15.0 Å². The van der Waals surface area contributed by atoms with Crippen LogP contribution in [-0.4, -0.2) is 50.4 Å². The number of carbonyl (C=O) groups excluding carboxylic acids is 2. The number of hydrogen-bond acceptors (Lipinski definition) is 5. The molecule has 1 N–H and O–H groups in total. The van der Waals surface area contributed by atoms with Crippen LogP contribution in [0.2, 0.25) is 0 Å². The Morgan fingerprint density at radius 1 is 0.975 bits per heavy atom. The topological polar surface area (TPSA) is 96.0 Å². The molecule has 0 saturated heterocycles. The first kappa shape index (κ1) is 31.1. The van der Waals surface area contributed by atoms with E-state index in [0.717, 1.165) is 26.5 Å². The van der Waals surface area contributed by atoms with Crippen molar-refractivity contribution in [2.24, 2.45) is 0 Å². The van der Waals surface area contributed by atoms with Crippen molar-refractivity contribution in [3.8, 4) is 5.75 Å². The number of benzene rings is 3. The minimum absolute atomic E-state index is 0.0602. The summed E-state index contributed by atoms with van der Waals surface area (Å²) in [4.78, 5) is 28.3. The van der Waals surface area contributed by atoms with Crippen LogP contribution in [0.3, 0.4) is 0 Å². The van der Waals surface area contributed by atoms with Crippen LogP contribution in [0.1, 0.15) is 33.3 Å². The lowest BCUT2D eigenvalue weighted by molar-refractivity contribution is -0.140. The summed E-state index contributed by atoms with van der Waals surface area (Å²) < 4.78 is 48.2. The third-order valence-electron chi connectivity index (χ3n) is 5.97. The maximum absolute atomic E-state index is 13.9. The van der Waals surface area contributed by atoms with Crippen LogP contribution in [0.4, 0.5) is 10.1 Å². The van der Waals surface area contributed by atoms with Gasteiger partial charge in [0.1, 0.15) is 24.2 Å². The van der Waals surface area contributed by atoms with Gasteiger partial charge in [-0.05, 0) is 93.9 Å². The number of sulfonamides is 1. The van der Waals surface area contributed by atoms with Crippen molar-refractivity contribution in [2.45, 2.75) is 50.7 Å². The molecule has 40 heavy (non-hydrogen) atoms. The maximum atomic E-state index is 13.9. The highest BCUT2D eigenvalue weighted by Crippen LogP contribution is 2.26. The van der Waals surface area contributed by atoms with E-state index in [1.807, 2.05) is 45.0 Å². The molecule has 0 fully saturated rings. The number of methoxy groups -OCH3 is 1. The number of ether oxygens (including phenoxy) is 1. The van der Waals surface area contributed by atoms with Gasteiger partial charge in [-0.25, -0.2) is 12.8 Å². The first-order chi connectivity index (χ1) is 18.7. The molecule has 0 radical (unpaired) electrons. The van der Waals surface area contributed by atoms with E-state index in [1.54, 1.807) is 6.92 Å². The number of rotatable bonds is 10. The van der Waals surface area contributed by atoms with Gasteiger partial charge in [-0.1, -0.05) is 28.1 Å². The number of hydrogen-bond donors (Lipinski definition) is 1. The average molecular weight is 635 g/mol. The number of amides is 2. The van der Waals surface area contributed by atoms with Crippen LogP contribution in [0.25, 0.3) is 0 Å². The second kappa shape index (κ2) is 12.8. The van der Waals surface area contributed by atoms with Crippen molar-refractivity contribution in [1.29, 1.82) is 0 Å². The van der Waals surface area contributed by atoms with Gasteiger partial charge in [0.15, 0.2) is 0 Å². The molecule has 0 spiro atoms. The monoisotopic (exact) mass is 633 g/mol. The summed E-state index contributed by atoms with van der Waals surface area (Å²) >= 11 is 3.39. The quantitative estimate of drug-likeness (QED) is 0.334. The summed E-state index contributed by atoms with van der Waals surface area (Å²) in [6, 6.07) is 16.9. The molecule has 11 heteroatoms. The summed E-state index contributed by atoms with van der Waals surface area (Å²) in [6.45, 7) is 6.52. The number of halogens is 2. The van der Waals surface area contributed by atoms with Crippen molar-refractivity contribution in [3.63, 3.8) is 0 Å². The van der Waals surface area contributed by atoms with Crippen molar-refractivity contribution in [3.05, 3.63) is 88.6 Å². The molecular weight excluding hydrogens is 601 g/mol.